The molecule has 0 bridgehead atoms. The molecular formula is C19H31ClN2O2. The van der Waals surface area contributed by atoms with Crippen LogP contribution in [0.2, 0.25) is 0 Å². The topological polar surface area (TPSA) is 55.6 Å². The minimum absolute atomic E-state index is 0. The first-order valence-electron chi connectivity index (χ1n) is 8.66. The van der Waals surface area contributed by atoms with Gasteiger partial charge in [0, 0.05) is 20.0 Å². The molecule has 4 nitrogen and oxygen atoms in total. The summed E-state index contributed by atoms with van der Waals surface area (Å²) in [6, 6.07) is 7.98. The number of methoxy groups -OCH3 is 1. The Kier molecular flexibility index (Phi) is 8.57. The second-order valence-corrected chi connectivity index (χ2v) is 6.82. The lowest BCUT2D eigenvalue weighted by Gasteiger charge is -2.36. The van der Waals surface area contributed by atoms with Gasteiger partial charge in [-0.2, -0.15) is 0 Å². The molecule has 2 N–H and O–H groups in total. The third kappa shape index (κ3) is 5.38. The van der Waals surface area contributed by atoms with E-state index in [-0.39, 0.29) is 23.7 Å². The number of benzene rings is 1. The summed E-state index contributed by atoms with van der Waals surface area (Å²) >= 11 is 0. The molecule has 0 aliphatic heterocycles. The highest BCUT2D eigenvalue weighted by Gasteiger charge is 2.33. The van der Waals surface area contributed by atoms with E-state index in [1.54, 1.807) is 7.11 Å². The number of halogens is 1. The monoisotopic (exact) mass is 354 g/mol. The maximum Gasteiger partial charge on any atom is 0.222 e. The molecule has 5 heteroatoms. The lowest BCUT2D eigenvalue weighted by Crippen LogP contribution is -2.39. The summed E-state index contributed by atoms with van der Waals surface area (Å²) < 4.78 is 5.37. The number of carbonyl (C=O) groups is 1. The SMILES string of the molecule is COc1ccccc1CCN(C)C(=O)CC1(CN)CCCCC1.Cl. The average molecular weight is 355 g/mol. The highest BCUT2D eigenvalue weighted by molar-refractivity contribution is 5.85. The largest absolute Gasteiger partial charge is 0.496 e. The van der Waals surface area contributed by atoms with Crippen molar-refractivity contribution >= 4 is 18.3 Å². The number of amides is 1. The highest BCUT2D eigenvalue weighted by atomic mass is 35.5. The van der Waals surface area contributed by atoms with E-state index in [9.17, 15) is 4.79 Å². The van der Waals surface area contributed by atoms with Crippen LogP contribution in [0.3, 0.4) is 0 Å². The Balaban J connectivity index is 0.00000288. The third-order valence-electron chi connectivity index (χ3n) is 5.21. The first-order valence-corrected chi connectivity index (χ1v) is 8.66. The smallest absolute Gasteiger partial charge is 0.222 e. The summed E-state index contributed by atoms with van der Waals surface area (Å²) in [5.41, 5.74) is 7.18. The Morgan fingerprint density at radius 3 is 2.54 bits per heavy atom. The Morgan fingerprint density at radius 1 is 1.25 bits per heavy atom. The Morgan fingerprint density at radius 2 is 1.92 bits per heavy atom. The van der Waals surface area contributed by atoms with Gasteiger partial charge in [0.05, 0.1) is 7.11 Å². The molecule has 0 atom stereocenters. The second kappa shape index (κ2) is 9.90. The number of nitrogens with zero attached hydrogens (tertiary/aromatic N) is 1. The third-order valence-corrected chi connectivity index (χ3v) is 5.21. The molecular weight excluding hydrogens is 324 g/mol. The van der Waals surface area contributed by atoms with Gasteiger partial charge < -0.3 is 15.4 Å². The molecule has 0 unspecified atom stereocenters. The molecule has 0 heterocycles. The minimum Gasteiger partial charge on any atom is -0.496 e. The van der Waals surface area contributed by atoms with Crippen molar-refractivity contribution < 1.29 is 9.53 Å². The fourth-order valence-electron chi connectivity index (χ4n) is 3.53. The number of nitrogens with two attached hydrogens (primary N) is 1. The normalized spacial score (nSPS) is 16.1. The van der Waals surface area contributed by atoms with Gasteiger partial charge in [-0.25, -0.2) is 0 Å². The van der Waals surface area contributed by atoms with Gasteiger partial charge in [-0.15, -0.1) is 12.4 Å². The average Bonchev–Trinajstić information content (AvgIpc) is 2.60. The van der Waals surface area contributed by atoms with Crippen LogP contribution in [0.1, 0.15) is 44.1 Å². The van der Waals surface area contributed by atoms with Crippen LogP contribution >= 0.6 is 12.4 Å². The van der Waals surface area contributed by atoms with E-state index in [4.69, 9.17) is 10.5 Å². The van der Waals surface area contributed by atoms with Gasteiger partial charge in [0.15, 0.2) is 0 Å². The number of hydrogen-bond donors (Lipinski definition) is 1. The number of carbonyl (C=O) groups excluding carboxylic acids is 1. The fraction of sp³-hybridized carbons (Fsp3) is 0.632. The molecule has 1 aromatic rings. The van der Waals surface area contributed by atoms with Crippen LogP contribution in [0.15, 0.2) is 24.3 Å². The number of hydrogen-bond acceptors (Lipinski definition) is 3. The summed E-state index contributed by atoms with van der Waals surface area (Å²) in [5, 5.41) is 0. The van der Waals surface area contributed by atoms with Crippen molar-refractivity contribution in [2.45, 2.75) is 44.9 Å². The summed E-state index contributed by atoms with van der Waals surface area (Å²) in [6.45, 7) is 1.33. The quantitative estimate of drug-likeness (QED) is 0.816. The Bertz CT molecular complexity index is 516. The molecule has 0 saturated heterocycles. The van der Waals surface area contributed by atoms with E-state index in [0.29, 0.717) is 19.5 Å². The fourth-order valence-corrected chi connectivity index (χ4v) is 3.53. The molecule has 0 radical (unpaired) electrons. The summed E-state index contributed by atoms with van der Waals surface area (Å²) in [6.07, 6.45) is 7.27. The van der Waals surface area contributed by atoms with E-state index < -0.39 is 0 Å². The molecule has 136 valence electrons. The van der Waals surface area contributed by atoms with E-state index in [1.807, 2.05) is 30.1 Å². The van der Waals surface area contributed by atoms with Gasteiger partial charge in [0.25, 0.3) is 0 Å². The maximum absolute atomic E-state index is 12.6. The molecule has 0 spiro atoms. The molecule has 1 fully saturated rings. The van der Waals surface area contributed by atoms with Crippen molar-refractivity contribution in [1.82, 2.24) is 4.90 Å². The van der Waals surface area contributed by atoms with Crippen molar-refractivity contribution in [3.63, 3.8) is 0 Å². The predicted octanol–water partition coefficient (Wildman–Crippen LogP) is 3.42. The van der Waals surface area contributed by atoms with Crippen molar-refractivity contribution in [2.75, 3.05) is 27.2 Å². The zero-order valence-electron chi connectivity index (χ0n) is 14.9. The van der Waals surface area contributed by atoms with Gasteiger partial charge in [0.2, 0.25) is 5.91 Å². The lowest BCUT2D eigenvalue weighted by atomic mass is 9.71. The van der Waals surface area contributed by atoms with E-state index in [0.717, 1.165) is 30.6 Å². The van der Waals surface area contributed by atoms with Crippen molar-refractivity contribution in [3.05, 3.63) is 29.8 Å². The van der Waals surface area contributed by atoms with E-state index >= 15 is 0 Å². The van der Waals surface area contributed by atoms with Crippen molar-refractivity contribution in [1.29, 1.82) is 0 Å². The molecule has 24 heavy (non-hydrogen) atoms. The van der Waals surface area contributed by atoms with Crippen LogP contribution < -0.4 is 10.5 Å². The minimum atomic E-state index is 0. The van der Waals surface area contributed by atoms with Gasteiger partial charge in [-0.1, -0.05) is 37.5 Å². The molecule has 1 aromatic carbocycles. The number of rotatable bonds is 7. The van der Waals surface area contributed by atoms with Crippen LogP contribution in [0.5, 0.6) is 5.75 Å². The molecule has 0 aromatic heterocycles. The molecule has 1 aliphatic rings. The highest BCUT2D eigenvalue weighted by Crippen LogP contribution is 2.38. The summed E-state index contributed by atoms with van der Waals surface area (Å²) in [5.74, 6) is 1.10. The number of ether oxygens (including phenoxy) is 1. The molecule has 2 rings (SSSR count). The number of para-hydroxylation sites is 1. The standard InChI is InChI=1S/C19H30N2O2.ClH/c1-21(13-10-16-8-4-5-9-17(16)23-2)18(22)14-19(15-20)11-6-3-7-12-19;/h4-5,8-9H,3,6-7,10-15,20H2,1-2H3;1H. The van der Waals surface area contributed by atoms with Crippen LogP contribution in [-0.2, 0) is 11.2 Å². The molecule has 1 aliphatic carbocycles. The van der Waals surface area contributed by atoms with Crippen molar-refractivity contribution in [3.8, 4) is 5.75 Å². The van der Waals surface area contributed by atoms with Gasteiger partial charge >= 0.3 is 0 Å². The van der Waals surface area contributed by atoms with Gasteiger partial charge in [-0.05, 0) is 42.9 Å². The Labute approximate surface area is 152 Å². The van der Waals surface area contributed by atoms with Crippen LogP contribution in [-0.4, -0.2) is 38.1 Å². The predicted molar refractivity (Wildman–Crippen MR) is 101 cm³/mol. The van der Waals surface area contributed by atoms with Crippen LogP contribution in [0.4, 0.5) is 0 Å². The van der Waals surface area contributed by atoms with E-state index in [2.05, 4.69) is 6.07 Å². The first-order chi connectivity index (χ1) is 11.1. The molecule has 1 saturated carbocycles. The zero-order valence-corrected chi connectivity index (χ0v) is 15.7. The van der Waals surface area contributed by atoms with Crippen LogP contribution in [0, 0.1) is 5.41 Å². The van der Waals surface area contributed by atoms with Gasteiger partial charge in [-0.3, -0.25) is 4.79 Å². The van der Waals surface area contributed by atoms with E-state index in [1.165, 1.54) is 19.3 Å². The van der Waals surface area contributed by atoms with Crippen molar-refractivity contribution in [2.24, 2.45) is 11.1 Å². The summed E-state index contributed by atoms with van der Waals surface area (Å²) in [7, 11) is 3.58. The van der Waals surface area contributed by atoms with Gasteiger partial charge in [0.1, 0.15) is 5.75 Å². The first kappa shape index (κ1) is 20.8. The maximum atomic E-state index is 12.6. The summed E-state index contributed by atoms with van der Waals surface area (Å²) in [4.78, 5) is 14.4. The van der Waals surface area contributed by atoms with Crippen LogP contribution in [0.25, 0.3) is 0 Å². The lowest BCUT2D eigenvalue weighted by molar-refractivity contribution is -0.132. The number of likely N-dealkylation sites (N-methyl/N-ethyl adjacent to an activating group) is 1. The second-order valence-electron chi connectivity index (χ2n) is 6.82. The zero-order chi connectivity index (χ0) is 16.7. The Hall–Kier alpha value is -1.26. The molecule has 1 amide bonds.